The Hall–Kier alpha value is -4.69. The van der Waals surface area contributed by atoms with Gasteiger partial charge in [0.05, 0.1) is 0 Å². The van der Waals surface area contributed by atoms with Crippen molar-refractivity contribution in [2.75, 3.05) is 4.90 Å². The van der Waals surface area contributed by atoms with Gasteiger partial charge >= 0.3 is 257 Å². The number of aryl methyl sites for hydroxylation is 2. The van der Waals surface area contributed by atoms with E-state index in [1.165, 1.54) is 70.1 Å². The van der Waals surface area contributed by atoms with Gasteiger partial charge in [-0.1, -0.05) is 0 Å². The Morgan fingerprint density at radius 1 is 0.535 bits per heavy atom. The van der Waals surface area contributed by atoms with Gasteiger partial charge in [-0.05, 0) is 0 Å². The van der Waals surface area contributed by atoms with Crippen LogP contribution in [0.25, 0.3) is 30.4 Å². The van der Waals surface area contributed by atoms with Gasteiger partial charge in [-0.15, -0.1) is 0 Å². The quantitative estimate of drug-likeness (QED) is 0.135. The molecule has 7 aromatic rings. The molecule has 204 valence electrons. The molecule has 1 aromatic heterocycles. The average Bonchev–Trinajstić information content (AvgIpc) is 3.30. The normalized spacial score (nSPS) is 14.0. The van der Waals surface area contributed by atoms with E-state index in [9.17, 15) is 4.79 Å². The van der Waals surface area contributed by atoms with Crippen LogP contribution in [0.5, 0.6) is 0 Å². The van der Waals surface area contributed by atoms with Crippen molar-refractivity contribution in [1.82, 2.24) is 0 Å². The summed E-state index contributed by atoms with van der Waals surface area (Å²) in [6.45, 7) is 4.34. The van der Waals surface area contributed by atoms with Crippen molar-refractivity contribution in [1.29, 1.82) is 0 Å². The summed E-state index contributed by atoms with van der Waals surface area (Å²) in [5.41, 5.74) is 13.1. The number of anilines is 3. The van der Waals surface area contributed by atoms with Gasteiger partial charge in [0.2, 0.25) is 0 Å². The molecule has 0 fully saturated rings. The number of hydrogen-bond acceptors (Lipinski definition) is 2. The van der Waals surface area contributed by atoms with E-state index < -0.39 is 5.41 Å². The van der Waals surface area contributed by atoms with E-state index in [4.69, 9.17) is 0 Å². The molecule has 2 nitrogen and oxygen atoms in total. The fraction of sp³-hybridized carbons (Fsp3) is 0.0750. The molecule has 0 atom stereocenters. The second-order valence-corrected chi connectivity index (χ2v) is 14.1. The van der Waals surface area contributed by atoms with Crippen LogP contribution in [0.15, 0.2) is 132 Å². The van der Waals surface area contributed by atoms with E-state index in [2.05, 4.69) is 128 Å². The molecule has 1 spiro atoms. The average molecular weight is 617 g/mol. The van der Waals surface area contributed by atoms with E-state index in [-0.39, 0.29) is 19.9 Å². The summed E-state index contributed by atoms with van der Waals surface area (Å²) in [7, 11) is 0. The summed E-state index contributed by atoms with van der Waals surface area (Å²) in [5, 5.41) is 1.71. The van der Waals surface area contributed by atoms with Crippen LogP contribution in [0.3, 0.4) is 0 Å². The number of fused-ring (bicyclic) bond motifs is 11. The zero-order valence-corrected chi connectivity index (χ0v) is 25.6. The SMILES string of the molecule is Cc1cc(C)cc(N2c3ccccc3C3(c4ccccc4-c4cc5[se]c6ccccc6c(=O)c5cc43)c3ccccc32)c1. The van der Waals surface area contributed by atoms with Crippen molar-refractivity contribution in [3.05, 3.63) is 171 Å². The van der Waals surface area contributed by atoms with Gasteiger partial charge < -0.3 is 0 Å². The Kier molecular flexibility index (Phi) is 5.15. The van der Waals surface area contributed by atoms with Crippen molar-refractivity contribution in [3.8, 4) is 11.1 Å². The van der Waals surface area contributed by atoms with E-state index in [1.54, 1.807) is 0 Å². The maximum atomic E-state index is 14.0. The molecule has 1 aliphatic carbocycles. The number of nitrogens with zero attached hydrogens (tertiary/aromatic N) is 1. The summed E-state index contributed by atoms with van der Waals surface area (Å²) in [4.78, 5) is 16.5. The molecule has 0 radical (unpaired) electrons. The first-order valence-electron chi connectivity index (χ1n) is 14.7. The van der Waals surface area contributed by atoms with Crippen LogP contribution in [0.1, 0.15) is 33.4 Å². The van der Waals surface area contributed by atoms with Crippen LogP contribution in [0.2, 0.25) is 0 Å². The van der Waals surface area contributed by atoms with E-state index >= 15 is 0 Å². The van der Waals surface area contributed by atoms with E-state index in [0.29, 0.717) is 0 Å². The minimum absolute atomic E-state index is 0.0712. The third-order valence-electron chi connectivity index (χ3n) is 9.30. The number of benzene rings is 6. The molecule has 2 heterocycles. The summed E-state index contributed by atoms with van der Waals surface area (Å²) < 4.78 is 2.35. The third kappa shape index (κ3) is 3.27. The Labute approximate surface area is 256 Å². The van der Waals surface area contributed by atoms with Crippen LogP contribution in [-0.4, -0.2) is 14.5 Å². The first kappa shape index (κ1) is 24.9. The molecule has 6 aromatic carbocycles. The minimum atomic E-state index is -0.548. The molecular formula is C40H27NOSe. The number of hydrogen-bond donors (Lipinski definition) is 0. The second kappa shape index (κ2) is 8.91. The van der Waals surface area contributed by atoms with Crippen molar-refractivity contribution < 1.29 is 0 Å². The summed E-state index contributed by atoms with van der Waals surface area (Å²) in [6.07, 6.45) is 0. The van der Waals surface area contributed by atoms with Crippen molar-refractivity contribution >= 4 is 50.9 Å². The standard InChI is InChI=1S/C40H27NOSe/c1-24-19-25(2)21-26(20-24)41-35-16-8-6-14-32(35)40(33-15-7-9-17-36(33)41)31-13-5-3-11-27(31)29-23-38-30(22-34(29)40)39(42)28-12-4-10-18-37(28)43-38/h3-23H,1-2H3. The van der Waals surface area contributed by atoms with Gasteiger partial charge in [-0.2, -0.15) is 0 Å². The maximum absolute atomic E-state index is 14.0. The molecule has 0 N–H and O–H groups in total. The molecule has 2 aliphatic rings. The first-order chi connectivity index (χ1) is 21.1. The molecule has 0 saturated heterocycles. The zero-order chi connectivity index (χ0) is 28.9. The first-order valence-corrected chi connectivity index (χ1v) is 16.4. The van der Waals surface area contributed by atoms with Crippen LogP contribution in [0.4, 0.5) is 17.1 Å². The molecule has 43 heavy (non-hydrogen) atoms. The van der Waals surface area contributed by atoms with Gasteiger partial charge in [0, 0.05) is 0 Å². The van der Waals surface area contributed by atoms with Gasteiger partial charge in [0.25, 0.3) is 0 Å². The zero-order valence-electron chi connectivity index (χ0n) is 23.9. The van der Waals surface area contributed by atoms with Crippen LogP contribution in [0, 0.1) is 13.8 Å². The molecule has 9 rings (SSSR count). The Morgan fingerprint density at radius 2 is 1.14 bits per heavy atom. The molecule has 0 unspecified atom stereocenters. The summed E-state index contributed by atoms with van der Waals surface area (Å²) in [6, 6.07) is 46.2. The summed E-state index contributed by atoms with van der Waals surface area (Å²) in [5.74, 6) is 0. The van der Waals surface area contributed by atoms with Crippen LogP contribution >= 0.6 is 0 Å². The van der Waals surface area contributed by atoms with Crippen LogP contribution in [-0.2, 0) is 5.41 Å². The predicted octanol–water partition coefficient (Wildman–Crippen LogP) is 9.17. The number of para-hydroxylation sites is 2. The number of rotatable bonds is 1. The molecular weight excluding hydrogens is 589 g/mol. The van der Waals surface area contributed by atoms with Gasteiger partial charge in [0.15, 0.2) is 0 Å². The Morgan fingerprint density at radius 3 is 1.86 bits per heavy atom. The van der Waals surface area contributed by atoms with Gasteiger partial charge in [0.1, 0.15) is 0 Å². The Bertz CT molecular complexity index is 2300. The molecule has 0 bridgehead atoms. The Balaban J connectivity index is 1.45. The van der Waals surface area contributed by atoms with E-state index in [0.717, 1.165) is 10.8 Å². The predicted molar refractivity (Wildman–Crippen MR) is 180 cm³/mol. The molecule has 0 amide bonds. The van der Waals surface area contributed by atoms with Crippen molar-refractivity contribution in [2.24, 2.45) is 0 Å². The molecule has 3 heteroatoms. The van der Waals surface area contributed by atoms with Gasteiger partial charge in [-0.25, -0.2) is 0 Å². The van der Waals surface area contributed by atoms with Crippen molar-refractivity contribution in [2.45, 2.75) is 19.3 Å². The van der Waals surface area contributed by atoms with Crippen LogP contribution < -0.4 is 10.3 Å². The third-order valence-corrected chi connectivity index (χ3v) is 11.7. The van der Waals surface area contributed by atoms with Gasteiger partial charge in [-0.3, -0.25) is 0 Å². The molecule has 0 saturated carbocycles. The summed E-state index contributed by atoms with van der Waals surface area (Å²) >= 11 is 0.0712. The fourth-order valence-electron chi connectivity index (χ4n) is 7.76. The van der Waals surface area contributed by atoms with Crippen molar-refractivity contribution in [3.63, 3.8) is 0 Å². The molecule has 1 aliphatic heterocycles. The van der Waals surface area contributed by atoms with E-state index in [1.807, 2.05) is 18.2 Å². The monoisotopic (exact) mass is 617 g/mol. The fourth-order valence-corrected chi connectivity index (χ4v) is 10.0. The topological polar surface area (TPSA) is 20.3 Å². The second-order valence-electron chi connectivity index (χ2n) is 11.8.